The largest absolute Gasteiger partial charge is 0.341 e. The summed E-state index contributed by atoms with van der Waals surface area (Å²) < 4.78 is 13.5. The van der Waals surface area contributed by atoms with Gasteiger partial charge in [-0.2, -0.15) is 0 Å². The smallest absolute Gasteiger partial charge is 0.151 e. The van der Waals surface area contributed by atoms with E-state index in [4.69, 9.17) is 11.6 Å². The third kappa shape index (κ3) is 2.57. The number of para-hydroxylation sites is 1. The number of hydrogen-bond donors (Lipinski definition) is 1. The topological polar surface area (TPSA) is 41.6 Å². The Labute approximate surface area is 118 Å². The number of aromatic amines is 1. The lowest BCUT2D eigenvalue weighted by atomic mass is 10.3. The molecule has 19 heavy (non-hydrogen) atoms. The summed E-state index contributed by atoms with van der Waals surface area (Å²) in [6.45, 7) is 0. The van der Waals surface area contributed by atoms with E-state index < -0.39 is 0 Å². The van der Waals surface area contributed by atoms with Gasteiger partial charge < -0.3 is 4.98 Å². The summed E-state index contributed by atoms with van der Waals surface area (Å²) in [6.07, 6.45) is 3.29. The number of thioether (sulfide) groups is 1. The Morgan fingerprint density at radius 2 is 2.21 bits per heavy atom. The van der Waals surface area contributed by atoms with Crippen molar-refractivity contribution in [2.24, 2.45) is 0 Å². The molecule has 0 amide bonds. The average molecular weight is 294 g/mol. The van der Waals surface area contributed by atoms with Gasteiger partial charge in [0, 0.05) is 17.3 Å². The summed E-state index contributed by atoms with van der Waals surface area (Å²) in [4.78, 5) is 12.2. The molecule has 0 aliphatic rings. The van der Waals surface area contributed by atoms with Gasteiger partial charge in [0.15, 0.2) is 5.82 Å². The second-order valence-electron chi connectivity index (χ2n) is 3.91. The zero-order valence-corrected chi connectivity index (χ0v) is 11.3. The van der Waals surface area contributed by atoms with E-state index in [2.05, 4.69) is 15.0 Å². The number of nitrogens with zero attached hydrogens (tertiary/aromatic N) is 2. The first-order chi connectivity index (χ1) is 9.24. The van der Waals surface area contributed by atoms with Gasteiger partial charge in [0.25, 0.3) is 0 Å². The van der Waals surface area contributed by atoms with E-state index in [9.17, 15) is 4.39 Å². The van der Waals surface area contributed by atoms with Crippen molar-refractivity contribution in [3.8, 4) is 0 Å². The van der Waals surface area contributed by atoms with Crippen LogP contribution in [0.3, 0.4) is 0 Å². The maximum atomic E-state index is 13.5. The van der Waals surface area contributed by atoms with Crippen LogP contribution in [0.4, 0.5) is 4.39 Å². The molecule has 0 saturated heterocycles. The third-order valence-electron chi connectivity index (χ3n) is 2.61. The number of pyridine rings is 1. The first kappa shape index (κ1) is 12.4. The van der Waals surface area contributed by atoms with Gasteiger partial charge in [-0.3, -0.25) is 4.98 Å². The molecule has 2 aromatic heterocycles. The van der Waals surface area contributed by atoms with Crippen molar-refractivity contribution >= 4 is 34.4 Å². The Morgan fingerprint density at radius 1 is 1.32 bits per heavy atom. The fourth-order valence-corrected chi connectivity index (χ4v) is 2.80. The molecule has 3 nitrogen and oxygen atoms in total. The van der Waals surface area contributed by atoms with E-state index in [0.717, 1.165) is 10.7 Å². The number of hydrogen-bond acceptors (Lipinski definition) is 3. The molecule has 0 aliphatic carbocycles. The molecular formula is C13H9ClFN3S. The minimum absolute atomic E-state index is 0.313. The van der Waals surface area contributed by atoms with E-state index in [1.54, 1.807) is 24.5 Å². The van der Waals surface area contributed by atoms with Crippen LogP contribution in [0.25, 0.3) is 11.0 Å². The van der Waals surface area contributed by atoms with Gasteiger partial charge >= 0.3 is 0 Å². The molecule has 0 spiro atoms. The number of nitrogens with one attached hydrogen (secondary N) is 1. The number of halogens is 2. The fraction of sp³-hybridized carbons (Fsp3) is 0.0769. The number of fused-ring (bicyclic) bond motifs is 1. The Balaban J connectivity index is 1.83. The van der Waals surface area contributed by atoms with Crippen LogP contribution in [-0.2, 0) is 5.75 Å². The van der Waals surface area contributed by atoms with Crippen LogP contribution in [0.5, 0.6) is 0 Å². The lowest BCUT2D eigenvalue weighted by Crippen LogP contribution is -1.84. The monoisotopic (exact) mass is 293 g/mol. The highest BCUT2D eigenvalue weighted by molar-refractivity contribution is 7.98. The SMILES string of the molecule is Fc1cccc2[nH]c(CSc3ccncc3Cl)nc12. The van der Waals surface area contributed by atoms with E-state index in [-0.39, 0.29) is 5.82 Å². The van der Waals surface area contributed by atoms with Gasteiger partial charge in [-0.15, -0.1) is 11.8 Å². The highest BCUT2D eigenvalue weighted by Crippen LogP contribution is 2.28. The highest BCUT2D eigenvalue weighted by atomic mass is 35.5. The van der Waals surface area contributed by atoms with Crippen LogP contribution in [-0.4, -0.2) is 15.0 Å². The second-order valence-corrected chi connectivity index (χ2v) is 5.34. The molecule has 3 rings (SSSR count). The highest BCUT2D eigenvalue weighted by Gasteiger charge is 2.08. The Morgan fingerprint density at radius 3 is 3.00 bits per heavy atom. The van der Waals surface area contributed by atoms with Gasteiger partial charge in [-0.1, -0.05) is 17.7 Å². The molecule has 96 valence electrons. The van der Waals surface area contributed by atoms with E-state index in [0.29, 0.717) is 21.8 Å². The van der Waals surface area contributed by atoms with Crippen molar-refractivity contribution in [2.45, 2.75) is 10.6 Å². The average Bonchev–Trinajstić information content (AvgIpc) is 2.82. The molecular weight excluding hydrogens is 285 g/mol. The number of aromatic nitrogens is 3. The predicted molar refractivity (Wildman–Crippen MR) is 74.9 cm³/mol. The Kier molecular flexibility index (Phi) is 3.40. The quantitative estimate of drug-likeness (QED) is 0.741. The summed E-state index contributed by atoms with van der Waals surface area (Å²) in [5.74, 6) is 1.00. The van der Waals surface area contributed by atoms with Crippen LogP contribution in [0.2, 0.25) is 5.02 Å². The molecule has 1 aromatic carbocycles. The summed E-state index contributed by atoms with van der Waals surface area (Å²) in [6, 6.07) is 6.71. The van der Waals surface area contributed by atoms with Crippen molar-refractivity contribution in [1.82, 2.24) is 15.0 Å². The molecule has 6 heteroatoms. The van der Waals surface area contributed by atoms with Crippen LogP contribution in [0, 0.1) is 5.82 Å². The minimum atomic E-state index is -0.313. The zero-order valence-electron chi connectivity index (χ0n) is 9.73. The summed E-state index contributed by atoms with van der Waals surface area (Å²) in [5, 5.41) is 0.606. The summed E-state index contributed by atoms with van der Waals surface area (Å²) >= 11 is 7.55. The molecule has 0 radical (unpaired) electrons. The standard InChI is InChI=1S/C13H9ClFN3S/c14-8-6-16-5-4-11(8)19-7-12-17-10-3-1-2-9(15)13(10)18-12/h1-6H,7H2,(H,17,18). The van der Waals surface area contributed by atoms with Crippen molar-refractivity contribution in [3.63, 3.8) is 0 Å². The lowest BCUT2D eigenvalue weighted by Gasteiger charge is -2.00. The molecule has 0 saturated carbocycles. The van der Waals surface area contributed by atoms with E-state index in [1.807, 2.05) is 6.07 Å². The second kappa shape index (κ2) is 5.19. The van der Waals surface area contributed by atoms with Gasteiger partial charge in [-0.05, 0) is 18.2 Å². The molecule has 2 heterocycles. The first-order valence-corrected chi connectivity index (χ1v) is 6.96. The molecule has 1 N–H and O–H groups in total. The van der Waals surface area contributed by atoms with Crippen molar-refractivity contribution in [3.05, 3.63) is 53.3 Å². The molecule has 0 atom stereocenters. The minimum Gasteiger partial charge on any atom is -0.341 e. The van der Waals surface area contributed by atoms with Crippen LogP contribution >= 0.6 is 23.4 Å². The van der Waals surface area contributed by atoms with Crippen molar-refractivity contribution in [2.75, 3.05) is 0 Å². The summed E-state index contributed by atoms with van der Waals surface area (Å²) in [7, 11) is 0. The Hall–Kier alpha value is -1.59. The van der Waals surface area contributed by atoms with Gasteiger partial charge in [0.1, 0.15) is 11.3 Å². The third-order valence-corrected chi connectivity index (χ3v) is 4.11. The maximum Gasteiger partial charge on any atom is 0.151 e. The van der Waals surface area contributed by atoms with E-state index in [1.165, 1.54) is 17.8 Å². The zero-order chi connectivity index (χ0) is 13.2. The molecule has 0 aliphatic heterocycles. The van der Waals surface area contributed by atoms with Crippen LogP contribution in [0.15, 0.2) is 41.6 Å². The number of H-pyrrole nitrogens is 1. The molecule has 3 aromatic rings. The van der Waals surface area contributed by atoms with Crippen molar-refractivity contribution in [1.29, 1.82) is 0 Å². The van der Waals surface area contributed by atoms with Crippen LogP contribution < -0.4 is 0 Å². The maximum absolute atomic E-state index is 13.5. The Bertz CT molecular complexity index is 729. The number of imidazole rings is 1. The van der Waals surface area contributed by atoms with Crippen molar-refractivity contribution < 1.29 is 4.39 Å². The normalized spacial score (nSPS) is 11.1. The fourth-order valence-electron chi connectivity index (χ4n) is 1.74. The molecule has 0 bridgehead atoms. The molecule has 0 unspecified atom stereocenters. The van der Waals surface area contributed by atoms with Gasteiger partial charge in [0.05, 0.1) is 16.3 Å². The number of benzene rings is 1. The molecule has 0 fully saturated rings. The summed E-state index contributed by atoms with van der Waals surface area (Å²) in [5.41, 5.74) is 1.08. The lowest BCUT2D eigenvalue weighted by molar-refractivity contribution is 0.637. The first-order valence-electron chi connectivity index (χ1n) is 5.59. The van der Waals surface area contributed by atoms with Gasteiger partial charge in [0.2, 0.25) is 0 Å². The van der Waals surface area contributed by atoms with Crippen LogP contribution in [0.1, 0.15) is 5.82 Å². The number of rotatable bonds is 3. The predicted octanol–water partition coefficient (Wildman–Crippen LogP) is 4.04. The van der Waals surface area contributed by atoms with Gasteiger partial charge in [-0.25, -0.2) is 9.37 Å². The van der Waals surface area contributed by atoms with E-state index >= 15 is 0 Å².